The summed E-state index contributed by atoms with van der Waals surface area (Å²) in [7, 11) is -2.04. The molecule has 146 valence electrons. The molecule has 0 spiro atoms. The summed E-state index contributed by atoms with van der Waals surface area (Å²) in [6, 6.07) is 7.75. The van der Waals surface area contributed by atoms with E-state index in [0.29, 0.717) is 32.4 Å². The molecule has 0 saturated carbocycles. The molecule has 3 atom stereocenters. The molecule has 7 nitrogen and oxygen atoms in total. The van der Waals surface area contributed by atoms with Crippen LogP contribution in [0.4, 0.5) is 0 Å². The van der Waals surface area contributed by atoms with Crippen molar-refractivity contribution in [2.45, 2.75) is 43.6 Å². The molecule has 8 heteroatoms. The zero-order valence-corrected chi connectivity index (χ0v) is 16.2. The standard InChI is InChI=1S/C18H29N3O4S/c1-4-5-6-17(26(19,22)23)12-15(18(2)21-20-13-25-18)11-14-7-9-16(24-3)10-8-14/h4,7-10,15,17,20-21H,1,5-6,11-13H2,2-3H3,(H2,19,22,23). The highest BCUT2D eigenvalue weighted by Crippen LogP contribution is 2.31. The van der Waals surface area contributed by atoms with Gasteiger partial charge >= 0.3 is 0 Å². The van der Waals surface area contributed by atoms with Crippen LogP contribution >= 0.6 is 0 Å². The topological polar surface area (TPSA) is 103 Å². The Labute approximate surface area is 156 Å². The van der Waals surface area contributed by atoms with Gasteiger partial charge in [0.2, 0.25) is 10.0 Å². The van der Waals surface area contributed by atoms with E-state index in [2.05, 4.69) is 17.4 Å². The number of hydrazine groups is 1. The molecule has 0 amide bonds. The lowest BCUT2D eigenvalue weighted by Crippen LogP contribution is -2.50. The Hall–Kier alpha value is -1.45. The summed E-state index contributed by atoms with van der Waals surface area (Å²) in [6.45, 7) is 5.96. The maximum absolute atomic E-state index is 12.1. The molecule has 26 heavy (non-hydrogen) atoms. The van der Waals surface area contributed by atoms with E-state index in [0.717, 1.165) is 11.3 Å². The summed E-state index contributed by atoms with van der Waals surface area (Å²) in [6.07, 6.45) is 3.80. The van der Waals surface area contributed by atoms with Crippen LogP contribution in [0.3, 0.4) is 0 Å². The summed E-state index contributed by atoms with van der Waals surface area (Å²) < 4.78 is 35.2. The van der Waals surface area contributed by atoms with Gasteiger partial charge < -0.3 is 9.47 Å². The first kappa shape index (κ1) is 20.9. The Kier molecular flexibility index (Phi) is 7.19. The Morgan fingerprint density at radius 3 is 2.62 bits per heavy atom. The van der Waals surface area contributed by atoms with E-state index < -0.39 is 21.0 Å². The molecule has 1 aliphatic heterocycles. The molecule has 4 N–H and O–H groups in total. The molecule has 1 fully saturated rings. The number of nitrogens with one attached hydrogen (secondary N) is 2. The number of allylic oxidation sites excluding steroid dienone is 1. The van der Waals surface area contributed by atoms with Crippen LogP contribution in [0, 0.1) is 5.92 Å². The first-order valence-electron chi connectivity index (χ1n) is 8.68. The second kappa shape index (κ2) is 8.96. The van der Waals surface area contributed by atoms with Crippen LogP contribution < -0.4 is 20.7 Å². The molecule has 1 saturated heterocycles. The predicted molar refractivity (Wildman–Crippen MR) is 102 cm³/mol. The van der Waals surface area contributed by atoms with E-state index in [1.165, 1.54) is 0 Å². The van der Waals surface area contributed by atoms with E-state index in [1.807, 2.05) is 31.2 Å². The highest BCUT2D eigenvalue weighted by Gasteiger charge is 2.41. The van der Waals surface area contributed by atoms with Crippen molar-refractivity contribution in [2.24, 2.45) is 11.1 Å². The third-order valence-electron chi connectivity index (χ3n) is 4.91. The lowest BCUT2D eigenvalue weighted by atomic mass is 9.85. The lowest BCUT2D eigenvalue weighted by Gasteiger charge is -2.34. The lowest BCUT2D eigenvalue weighted by molar-refractivity contribution is -0.0461. The smallest absolute Gasteiger partial charge is 0.211 e. The van der Waals surface area contributed by atoms with Crippen molar-refractivity contribution in [1.82, 2.24) is 10.9 Å². The number of primary sulfonamides is 1. The largest absolute Gasteiger partial charge is 0.497 e. The predicted octanol–water partition coefficient (Wildman–Crippen LogP) is 1.67. The monoisotopic (exact) mass is 383 g/mol. The molecular weight excluding hydrogens is 354 g/mol. The van der Waals surface area contributed by atoms with Gasteiger partial charge in [-0.2, -0.15) is 0 Å². The van der Waals surface area contributed by atoms with Gasteiger partial charge in [-0.05, 0) is 50.3 Å². The zero-order valence-electron chi connectivity index (χ0n) is 15.4. The van der Waals surface area contributed by atoms with Crippen molar-refractivity contribution in [3.05, 3.63) is 42.5 Å². The molecule has 0 aliphatic carbocycles. The van der Waals surface area contributed by atoms with E-state index in [9.17, 15) is 8.42 Å². The third-order valence-corrected chi connectivity index (χ3v) is 6.26. The van der Waals surface area contributed by atoms with Crippen LogP contribution in [0.25, 0.3) is 0 Å². The number of rotatable bonds is 10. The molecule has 1 aromatic rings. The van der Waals surface area contributed by atoms with Crippen molar-refractivity contribution >= 4 is 10.0 Å². The van der Waals surface area contributed by atoms with Crippen molar-refractivity contribution < 1.29 is 17.9 Å². The second-order valence-corrected chi connectivity index (χ2v) is 8.60. The van der Waals surface area contributed by atoms with E-state index in [-0.39, 0.29) is 5.92 Å². The van der Waals surface area contributed by atoms with Crippen LogP contribution in [-0.4, -0.2) is 33.2 Å². The van der Waals surface area contributed by atoms with Gasteiger partial charge in [0, 0.05) is 5.92 Å². The van der Waals surface area contributed by atoms with Crippen LogP contribution in [0.2, 0.25) is 0 Å². The Morgan fingerprint density at radius 2 is 2.12 bits per heavy atom. The van der Waals surface area contributed by atoms with Crippen molar-refractivity contribution in [3.63, 3.8) is 0 Å². The summed E-state index contributed by atoms with van der Waals surface area (Å²) in [5.41, 5.74) is 6.49. The van der Waals surface area contributed by atoms with Gasteiger partial charge in [-0.15, -0.1) is 6.58 Å². The summed E-state index contributed by atoms with van der Waals surface area (Å²) >= 11 is 0. The van der Waals surface area contributed by atoms with Gasteiger partial charge in [-0.3, -0.25) is 0 Å². The molecule has 0 bridgehead atoms. The van der Waals surface area contributed by atoms with Crippen LogP contribution in [0.1, 0.15) is 31.7 Å². The van der Waals surface area contributed by atoms with E-state index in [1.54, 1.807) is 13.2 Å². The van der Waals surface area contributed by atoms with Crippen LogP contribution in [0.15, 0.2) is 36.9 Å². The molecule has 3 unspecified atom stereocenters. The van der Waals surface area contributed by atoms with Gasteiger partial charge in [0.15, 0.2) is 0 Å². The number of nitrogens with two attached hydrogens (primary N) is 1. The minimum atomic E-state index is -3.66. The SMILES string of the molecule is C=CCCC(CC(Cc1ccc(OC)cc1)C1(C)NNCO1)S(N)(=O)=O. The Balaban J connectivity index is 2.23. The van der Waals surface area contributed by atoms with E-state index in [4.69, 9.17) is 14.6 Å². The Morgan fingerprint density at radius 1 is 1.42 bits per heavy atom. The van der Waals surface area contributed by atoms with Gasteiger partial charge in [0.25, 0.3) is 0 Å². The number of methoxy groups -OCH3 is 1. The Bertz CT molecular complexity index is 685. The fourth-order valence-electron chi connectivity index (χ4n) is 3.24. The van der Waals surface area contributed by atoms with Gasteiger partial charge in [0.1, 0.15) is 18.2 Å². The number of benzene rings is 1. The number of hydrogen-bond acceptors (Lipinski definition) is 6. The third kappa shape index (κ3) is 5.52. The minimum Gasteiger partial charge on any atom is -0.497 e. The minimum absolute atomic E-state index is 0.0981. The maximum atomic E-state index is 12.1. The molecule has 1 aliphatic rings. The van der Waals surface area contributed by atoms with E-state index >= 15 is 0 Å². The fraction of sp³-hybridized carbons (Fsp3) is 0.556. The first-order chi connectivity index (χ1) is 12.3. The van der Waals surface area contributed by atoms with Crippen LogP contribution in [0.5, 0.6) is 5.75 Å². The van der Waals surface area contributed by atoms with Crippen molar-refractivity contribution in [1.29, 1.82) is 0 Å². The molecular formula is C18H29N3O4S. The zero-order chi connectivity index (χ0) is 19.2. The van der Waals surface area contributed by atoms with Gasteiger partial charge in [0.05, 0.1) is 12.4 Å². The average Bonchev–Trinajstić information content (AvgIpc) is 3.05. The normalized spacial score (nSPS) is 22.7. The highest BCUT2D eigenvalue weighted by atomic mass is 32.2. The average molecular weight is 384 g/mol. The molecule has 1 aromatic carbocycles. The maximum Gasteiger partial charge on any atom is 0.211 e. The summed E-state index contributed by atoms with van der Waals surface area (Å²) in [5, 5.41) is 4.84. The quantitative estimate of drug-likeness (QED) is 0.531. The molecule has 2 rings (SSSR count). The molecule has 1 heterocycles. The summed E-state index contributed by atoms with van der Waals surface area (Å²) in [5.74, 6) is 0.681. The fourth-order valence-corrected chi connectivity index (χ4v) is 4.21. The van der Waals surface area contributed by atoms with Crippen LogP contribution in [-0.2, 0) is 21.2 Å². The molecule has 0 radical (unpaired) electrons. The number of hydrogen-bond donors (Lipinski definition) is 3. The molecule has 0 aromatic heterocycles. The second-order valence-electron chi connectivity index (χ2n) is 6.76. The summed E-state index contributed by atoms with van der Waals surface area (Å²) in [4.78, 5) is 0. The van der Waals surface area contributed by atoms with Crippen molar-refractivity contribution in [3.8, 4) is 5.75 Å². The van der Waals surface area contributed by atoms with Gasteiger partial charge in [-0.25, -0.2) is 24.4 Å². The van der Waals surface area contributed by atoms with Crippen molar-refractivity contribution in [2.75, 3.05) is 13.8 Å². The highest BCUT2D eigenvalue weighted by molar-refractivity contribution is 7.89. The van der Waals surface area contributed by atoms with Gasteiger partial charge in [-0.1, -0.05) is 18.2 Å². The number of sulfonamides is 1. The first-order valence-corrected chi connectivity index (χ1v) is 10.3. The number of ether oxygens (including phenoxy) is 2.